The van der Waals surface area contributed by atoms with Gasteiger partial charge in [0.1, 0.15) is 6.04 Å². The molecule has 3 nitrogen and oxygen atoms in total. The smallest absolute Gasteiger partial charge is 0.101 e. The molecule has 5 heteroatoms. The largest absolute Gasteiger partial charge is 0.345 e. The lowest BCUT2D eigenvalue weighted by Crippen LogP contribution is -2.15. The molecule has 0 fully saturated rings. The van der Waals surface area contributed by atoms with E-state index in [2.05, 4.69) is 32.5 Å². The van der Waals surface area contributed by atoms with Crippen LogP contribution >= 0.6 is 23.2 Å². The summed E-state index contributed by atoms with van der Waals surface area (Å²) in [6, 6.07) is 9.73. The Morgan fingerprint density at radius 2 is 2.09 bits per heavy atom. The molecule has 3 rings (SSSR count). The van der Waals surface area contributed by atoms with Gasteiger partial charge in [0, 0.05) is 40.9 Å². The molecule has 23 heavy (non-hydrogen) atoms. The van der Waals surface area contributed by atoms with E-state index < -0.39 is 0 Å². The third-order valence-corrected chi connectivity index (χ3v) is 4.33. The van der Waals surface area contributed by atoms with Gasteiger partial charge < -0.3 is 9.13 Å². The first-order chi connectivity index (χ1) is 11.2. The van der Waals surface area contributed by atoms with Gasteiger partial charge in [0.25, 0.3) is 0 Å². The summed E-state index contributed by atoms with van der Waals surface area (Å²) >= 11 is 12.5. The van der Waals surface area contributed by atoms with Crippen LogP contribution in [0.3, 0.4) is 0 Å². The van der Waals surface area contributed by atoms with Gasteiger partial charge in [-0.3, -0.25) is 0 Å². The number of allylic oxidation sites excluding steroid dienone is 2. The van der Waals surface area contributed by atoms with Crippen LogP contribution in [0.4, 0.5) is 0 Å². The highest BCUT2D eigenvalue weighted by Crippen LogP contribution is 2.33. The van der Waals surface area contributed by atoms with Gasteiger partial charge in [0.15, 0.2) is 0 Å². The first-order valence-electron chi connectivity index (χ1n) is 7.39. The third-order valence-electron chi connectivity index (χ3n) is 3.76. The van der Waals surface area contributed by atoms with Crippen molar-refractivity contribution in [2.75, 3.05) is 0 Å². The van der Waals surface area contributed by atoms with Crippen molar-refractivity contribution in [3.63, 3.8) is 0 Å². The standard InChI is InChI=1S/C18H17Cl2N3/c1-2-3-9-22-10-4-5-17(22)18(23-11-8-21-13-23)15-7-6-14(19)12-16(15)20/h2-8,10-13,18H,9H2,1H3/b3-2+. The Morgan fingerprint density at radius 3 is 2.78 bits per heavy atom. The molecule has 3 aromatic rings. The van der Waals surface area contributed by atoms with E-state index in [-0.39, 0.29) is 6.04 Å². The lowest BCUT2D eigenvalue weighted by molar-refractivity contribution is 0.613. The number of hydrogen-bond donors (Lipinski definition) is 0. The summed E-state index contributed by atoms with van der Waals surface area (Å²) in [6.07, 6.45) is 11.8. The lowest BCUT2D eigenvalue weighted by atomic mass is 10.0. The van der Waals surface area contributed by atoms with Gasteiger partial charge in [-0.25, -0.2) is 4.98 Å². The number of benzene rings is 1. The second kappa shape index (κ2) is 7.07. The highest BCUT2D eigenvalue weighted by molar-refractivity contribution is 6.35. The van der Waals surface area contributed by atoms with E-state index in [1.54, 1.807) is 12.3 Å². The van der Waals surface area contributed by atoms with Crippen LogP contribution in [0.25, 0.3) is 0 Å². The molecular formula is C18H17Cl2N3. The molecule has 0 spiro atoms. The van der Waals surface area contributed by atoms with Gasteiger partial charge in [-0.05, 0) is 36.8 Å². The summed E-state index contributed by atoms with van der Waals surface area (Å²) in [5, 5.41) is 1.28. The molecule has 0 N–H and O–H groups in total. The number of aromatic nitrogens is 3. The topological polar surface area (TPSA) is 22.8 Å². The fourth-order valence-corrected chi connectivity index (χ4v) is 3.19. The molecule has 0 radical (unpaired) electrons. The quantitative estimate of drug-likeness (QED) is 0.582. The zero-order valence-corrected chi connectivity index (χ0v) is 14.2. The van der Waals surface area contributed by atoms with Crippen molar-refractivity contribution in [1.29, 1.82) is 0 Å². The maximum absolute atomic E-state index is 6.47. The molecule has 1 aromatic carbocycles. The Labute approximate surface area is 145 Å². The summed E-state index contributed by atoms with van der Waals surface area (Å²) in [6.45, 7) is 2.84. The van der Waals surface area contributed by atoms with Gasteiger partial charge in [0.05, 0.1) is 6.33 Å². The second-order valence-electron chi connectivity index (χ2n) is 5.23. The van der Waals surface area contributed by atoms with Crippen LogP contribution in [-0.4, -0.2) is 14.1 Å². The molecule has 0 aliphatic heterocycles. The Kier molecular flexibility index (Phi) is 4.89. The molecule has 1 atom stereocenters. The first kappa shape index (κ1) is 15.9. The van der Waals surface area contributed by atoms with E-state index in [1.807, 2.05) is 43.7 Å². The van der Waals surface area contributed by atoms with E-state index in [0.717, 1.165) is 17.8 Å². The SMILES string of the molecule is C/C=C/Cn1cccc1C(c1ccc(Cl)cc1Cl)n1ccnc1. The van der Waals surface area contributed by atoms with E-state index in [9.17, 15) is 0 Å². The van der Waals surface area contributed by atoms with Crippen LogP contribution in [0, 0.1) is 0 Å². The summed E-state index contributed by atoms with van der Waals surface area (Å²) in [5.41, 5.74) is 2.14. The molecule has 2 heterocycles. The van der Waals surface area contributed by atoms with Gasteiger partial charge in [-0.15, -0.1) is 0 Å². The molecule has 2 aromatic heterocycles. The van der Waals surface area contributed by atoms with Gasteiger partial charge in [-0.2, -0.15) is 0 Å². The maximum atomic E-state index is 6.47. The normalized spacial score (nSPS) is 12.8. The van der Waals surface area contributed by atoms with Crippen molar-refractivity contribution in [2.45, 2.75) is 19.5 Å². The molecule has 0 bridgehead atoms. The maximum Gasteiger partial charge on any atom is 0.101 e. The molecule has 118 valence electrons. The Bertz CT molecular complexity index is 804. The van der Waals surface area contributed by atoms with Crippen molar-refractivity contribution in [3.05, 3.63) is 88.7 Å². The Balaban J connectivity index is 2.12. The molecule has 0 saturated heterocycles. The number of halogens is 2. The average molecular weight is 346 g/mol. The minimum Gasteiger partial charge on any atom is -0.345 e. The summed E-state index contributed by atoms with van der Waals surface area (Å²) < 4.78 is 4.26. The fraction of sp³-hybridized carbons (Fsp3) is 0.167. The van der Waals surface area contributed by atoms with Crippen LogP contribution in [0.5, 0.6) is 0 Å². The number of nitrogens with zero attached hydrogens (tertiary/aromatic N) is 3. The predicted molar refractivity (Wildman–Crippen MR) is 95.2 cm³/mol. The van der Waals surface area contributed by atoms with Crippen LogP contribution in [0.2, 0.25) is 10.0 Å². The highest BCUT2D eigenvalue weighted by atomic mass is 35.5. The zero-order valence-electron chi connectivity index (χ0n) is 12.7. The van der Waals surface area contributed by atoms with Gasteiger partial charge in [0.2, 0.25) is 0 Å². The summed E-state index contributed by atoms with van der Waals surface area (Å²) in [7, 11) is 0. The molecule has 0 aliphatic carbocycles. The molecule has 0 amide bonds. The van der Waals surface area contributed by atoms with Crippen molar-refractivity contribution in [1.82, 2.24) is 14.1 Å². The van der Waals surface area contributed by atoms with Crippen LogP contribution < -0.4 is 0 Å². The first-order valence-corrected chi connectivity index (χ1v) is 8.15. The molecule has 1 unspecified atom stereocenters. The molecular weight excluding hydrogens is 329 g/mol. The number of hydrogen-bond acceptors (Lipinski definition) is 1. The van der Waals surface area contributed by atoms with Crippen LogP contribution in [0.1, 0.15) is 24.2 Å². The Morgan fingerprint density at radius 1 is 1.22 bits per heavy atom. The average Bonchev–Trinajstić information content (AvgIpc) is 3.20. The van der Waals surface area contributed by atoms with Crippen molar-refractivity contribution in [3.8, 4) is 0 Å². The van der Waals surface area contributed by atoms with Gasteiger partial charge >= 0.3 is 0 Å². The van der Waals surface area contributed by atoms with Gasteiger partial charge in [-0.1, -0.05) is 41.4 Å². The fourth-order valence-electron chi connectivity index (χ4n) is 2.68. The molecule has 0 aliphatic rings. The monoisotopic (exact) mass is 345 g/mol. The van der Waals surface area contributed by atoms with E-state index in [1.165, 1.54) is 0 Å². The summed E-state index contributed by atoms with van der Waals surface area (Å²) in [5.74, 6) is 0. The third kappa shape index (κ3) is 3.36. The minimum absolute atomic E-state index is 0.0532. The van der Waals surface area contributed by atoms with Crippen molar-refractivity contribution in [2.24, 2.45) is 0 Å². The predicted octanol–water partition coefficient (Wildman–Crippen LogP) is 5.21. The highest BCUT2D eigenvalue weighted by Gasteiger charge is 2.21. The minimum atomic E-state index is -0.0532. The zero-order chi connectivity index (χ0) is 16.2. The van der Waals surface area contributed by atoms with E-state index in [4.69, 9.17) is 23.2 Å². The Hall–Kier alpha value is -1.97. The van der Waals surface area contributed by atoms with Crippen molar-refractivity contribution < 1.29 is 0 Å². The van der Waals surface area contributed by atoms with Crippen LogP contribution in [0.15, 0.2) is 67.4 Å². The molecule has 0 saturated carbocycles. The van der Waals surface area contributed by atoms with E-state index in [0.29, 0.717) is 10.0 Å². The second-order valence-corrected chi connectivity index (χ2v) is 6.08. The number of imidazole rings is 1. The van der Waals surface area contributed by atoms with Crippen molar-refractivity contribution >= 4 is 23.2 Å². The van der Waals surface area contributed by atoms with Crippen LogP contribution in [-0.2, 0) is 6.54 Å². The lowest BCUT2D eigenvalue weighted by Gasteiger charge is -2.22. The van der Waals surface area contributed by atoms with E-state index >= 15 is 0 Å². The number of rotatable bonds is 5. The summed E-state index contributed by atoms with van der Waals surface area (Å²) in [4.78, 5) is 4.19.